The van der Waals surface area contributed by atoms with Crippen LogP contribution in [0.25, 0.3) is 11.2 Å². The summed E-state index contributed by atoms with van der Waals surface area (Å²) in [4.78, 5) is 12.1. The fraction of sp³-hybridized carbons (Fsp3) is 0.417. The van der Waals surface area contributed by atoms with Crippen molar-refractivity contribution in [3.8, 4) is 12.5 Å². The van der Waals surface area contributed by atoms with Crippen molar-refractivity contribution in [3.63, 3.8) is 0 Å². The standard InChI is InChI=1S/C12H13N5O4/c1-2-20-9-8(19)6(3-18)21-12(9)17-5-16-7-10(13)14-4-15-11(7)17/h1,4-6,8-9,12,18-19H,3H2,(H2,13,14,15)/t6-,8?,9?,12-/m1/s1. The second-order valence-corrected chi connectivity index (χ2v) is 4.52. The minimum atomic E-state index is -1.08. The van der Waals surface area contributed by atoms with E-state index >= 15 is 0 Å². The van der Waals surface area contributed by atoms with E-state index in [-0.39, 0.29) is 12.4 Å². The van der Waals surface area contributed by atoms with Gasteiger partial charge in [0.15, 0.2) is 23.8 Å². The summed E-state index contributed by atoms with van der Waals surface area (Å²) < 4.78 is 12.2. The van der Waals surface area contributed by atoms with Crippen molar-refractivity contribution in [2.75, 3.05) is 12.3 Å². The molecule has 21 heavy (non-hydrogen) atoms. The molecule has 4 N–H and O–H groups in total. The summed E-state index contributed by atoms with van der Waals surface area (Å²) in [5.74, 6) is 0.227. The Morgan fingerprint density at radius 1 is 1.48 bits per heavy atom. The van der Waals surface area contributed by atoms with Crippen LogP contribution in [0.4, 0.5) is 5.82 Å². The number of aromatic nitrogens is 4. The number of hydrogen-bond acceptors (Lipinski definition) is 8. The predicted octanol–water partition coefficient (Wildman–Crippen LogP) is -1.37. The lowest BCUT2D eigenvalue weighted by molar-refractivity contribution is -0.0510. The van der Waals surface area contributed by atoms with E-state index in [2.05, 4.69) is 15.0 Å². The zero-order chi connectivity index (χ0) is 15.0. The highest BCUT2D eigenvalue weighted by molar-refractivity contribution is 5.81. The van der Waals surface area contributed by atoms with Crippen molar-refractivity contribution in [3.05, 3.63) is 12.7 Å². The number of nitrogens with zero attached hydrogens (tertiary/aromatic N) is 4. The Hall–Kier alpha value is -2.41. The van der Waals surface area contributed by atoms with Gasteiger partial charge in [0.2, 0.25) is 0 Å². The van der Waals surface area contributed by atoms with E-state index in [9.17, 15) is 10.2 Å². The molecule has 0 aromatic carbocycles. The van der Waals surface area contributed by atoms with E-state index in [0.29, 0.717) is 11.2 Å². The summed E-state index contributed by atoms with van der Waals surface area (Å²) in [5.41, 5.74) is 6.55. The molecular weight excluding hydrogens is 278 g/mol. The van der Waals surface area contributed by atoms with Gasteiger partial charge in [0.1, 0.15) is 30.2 Å². The van der Waals surface area contributed by atoms with E-state index in [1.165, 1.54) is 17.2 Å². The second kappa shape index (κ2) is 5.17. The topological polar surface area (TPSA) is 129 Å². The van der Waals surface area contributed by atoms with Gasteiger partial charge in [-0.1, -0.05) is 6.42 Å². The van der Waals surface area contributed by atoms with Gasteiger partial charge in [-0.15, -0.1) is 0 Å². The monoisotopic (exact) mass is 291 g/mol. The highest BCUT2D eigenvalue weighted by atomic mass is 16.6. The summed E-state index contributed by atoms with van der Waals surface area (Å²) in [6.07, 6.45) is 6.36. The van der Waals surface area contributed by atoms with Crippen LogP contribution < -0.4 is 5.73 Å². The van der Waals surface area contributed by atoms with Gasteiger partial charge in [-0.05, 0) is 0 Å². The Balaban J connectivity index is 2.04. The molecule has 2 aromatic rings. The molecule has 2 aromatic heterocycles. The number of rotatable bonds is 3. The normalized spacial score (nSPS) is 28.6. The van der Waals surface area contributed by atoms with Crippen LogP contribution in [0, 0.1) is 12.5 Å². The van der Waals surface area contributed by atoms with Crippen LogP contribution in [0.5, 0.6) is 0 Å². The molecule has 0 aliphatic carbocycles. The average Bonchev–Trinajstić information content (AvgIpc) is 3.03. The van der Waals surface area contributed by atoms with Gasteiger partial charge in [0, 0.05) is 0 Å². The van der Waals surface area contributed by atoms with Crippen LogP contribution in [0.2, 0.25) is 0 Å². The third-order valence-electron chi connectivity index (χ3n) is 3.36. The maximum atomic E-state index is 10.1. The number of ether oxygens (including phenoxy) is 2. The maximum Gasteiger partial charge on any atom is 0.184 e. The van der Waals surface area contributed by atoms with E-state index in [0.717, 1.165) is 0 Å². The molecule has 1 aliphatic rings. The van der Waals surface area contributed by atoms with Crippen LogP contribution in [0.3, 0.4) is 0 Å². The lowest BCUT2D eigenvalue weighted by Gasteiger charge is -2.19. The minimum Gasteiger partial charge on any atom is -0.436 e. The van der Waals surface area contributed by atoms with E-state index in [1.807, 2.05) is 6.11 Å². The van der Waals surface area contributed by atoms with Crippen molar-refractivity contribution in [1.29, 1.82) is 0 Å². The first kappa shape index (κ1) is 13.6. The van der Waals surface area contributed by atoms with Crippen LogP contribution in [-0.4, -0.2) is 54.7 Å². The number of imidazole rings is 1. The van der Waals surface area contributed by atoms with Gasteiger partial charge in [-0.3, -0.25) is 4.57 Å². The first-order chi connectivity index (χ1) is 10.2. The molecule has 3 rings (SSSR count). The van der Waals surface area contributed by atoms with E-state index in [1.54, 1.807) is 0 Å². The number of terminal acetylenes is 1. The lowest BCUT2D eigenvalue weighted by Crippen LogP contribution is -2.34. The molecule has 1 aliphatic heterocycles. The summed E-state index contributed by atoms with van der Waals surface area (Å²) in [6.45, 7) is -0.369. The zero-order valence-corrected chi connectivity index (χ0v) is 10.8. The first-order valence-corrected chi connectivity index (χ1v) is 6.16. The van der Waals surface area contributed by atoms with Crippen LogP contribution in [-0.2, 0) is 9.47 Å². The molecule has 9 heteroatoms. The Kier molecular flexibility index (Phi) is 3.34. The molecule has 9 nitrogen and oxygen atoms in total. The van der Waals surface area contributed by atoms with Gasteiger partial charge in [-0.2, -0.15) is 0 Å². The van der Waals surface area contributed by atoms with Gasteiger partial charge >= 0.3 is 0 Å². The number of nitrogen functional groups attached to an aromatic ring is 1. The Labute approximate surface area is 119 Å². The van der Waals surface area contributed by atoms with Crippen LogP contribution in [0.1, 0.15) is 6.23 Å². The van der Waals surface area contributed by atoms with Crippen LogP contribution in [0.15, 0.2) is 12.7 Å². The number of anilines is 1. The average molecular weight is 291 g/mol. The second-order valence-electron chi connectivity index (χ2n) is 4.52. The molecule has 0 bridgehead atoms. The highest BCUT2D eigenvalue weighted by Gasteiger charge is 2.46. The van der Waals surface area contributed by atoms with Gasteiger partial charge in [0.05, 0.1) is 12.9 Å². The lowest BCUT2D eigenvalue weighted by atomic mass is 10.1. The minimum absolute atomic E-state index is 0.227. The van der Waals surface area contributed by atoms with Crippen molar-refractivity contribution in [1.82, 2.24) is 19.5 Å². The molecule has 1 saturated heterocycles. The van der Waals surface area contributed by atoms with Crippen LogP contribution >= 0.6 is 0 Å². The molecule has 0 spiro atoms. The highest BCUT2D eigenvalue weighted by Crippen LogP contribution is 2.33. The fourth-order valence-electron chi connectivity index (χ4n) is 2.35. The number of hydrogen-bond donors (Lipinski definition) is 3. The van der Waals surface area contributed by atoms with Crippen molar-refractivity contribution < 1.29 is 19.7 Å². The molecule has 4 atom stereocenters. The Morgan fingerprint density at radius 3 is 3.00 bits per heavy atom. The summed E-state index contributed by atoms with van der Waals surface area (Å²) >= 11 is 0. The van der Waals surface area contributed by atoms with Crippen molar-refractivity contribution in [2.24, 2.45) is 0 Å². The molecule has 1 fully saturated rings. The van der Waals surface area contributed by atoms with E-state index < -0.39 is 24.5 Å². The fourth-order valence-corrected chi connectivity index (χ4v) is 2.35. The summed E-state index contributed by atoms with van der Waals surface area (Å²) in [5, 5.41) is 19.3. The Morgan fingerprint density at radius 2 is 2.29 bits per heavy atom. The van der Waals surface area contributed by atoms with Gasteiger partial charge in [-0.25, -0.2) is 15.0 Å². The predicted molar refractivity (Wildman–Crippen MR) is 70.4 cm³/mol. The third-order valence-corrected chi connectivity index (χ3v) is 3.36. The molecule has 0 radical (unpaired) electrons. The zero-order valence-electron chi connectivity index (χ0n) is 10.8. The molecule has 0 saturated carbocycles. The molecule has 2 unspecified atom stereocenters. The largest absolute Gasteiger partial charge is 0.436 e. The SMILES string of the molecule is C#COC1C(O)[C@@H](CO)O[C@H]1n1cnc2c(N)ncnc21. The quantitative estimate of drug-likeness (QED) is 0.591. The third kappa shape index (κ3) is 2.06. The maximum absolute atomic E-state index is 10.1. The van der Waals surface area contributed by atoms with Gasteiger partial charge < -0.3 is 25.4 Å². The van der Waals surface area contributed by atoms with Crippen molar-refractivity contribution in [2.45, 2.75) is 24.5 Å². The molecular formula is C12H13N5O4. The number of nitrogens with two attached hydrogens (primary N) is 1. The number of aliphatic hydroxyl groups excluding tert-OH is 2. The number of fused-ring (bicyclic) bond motifs is 1. The van der Waals surface area contributed by atoms with Gasteiger partial charge in [0.25, 0.3) is 0 Å². The number of aliphatic hydroxyl groups is 2. The smallest absolute Gasteiger partial charge is 0.184 e. The summed E-state index contributed by atoms with van der Waals surface area (Å²) in [7, 11) is 0. The van der Waals surface area contributed by atoms with E-state index in [4.69, 9.17) is 21.6 Å². The first-order valence-electron chi connectivity index (χ1n) is 6.16. The summed E-state index contributed by atoms with van der Waals surface area (Å²) in [6, 6.07) is 0. The Bertz CT molecular complexity index is 697. The molecule has 3 heterocycles. The molecule has 110 valence electrons. The molecule has 0 amide bonds. The van der Waals surface area contributed by atoms with Crippen molar-refractivity contribution >= 4 is 17.0 Å².